The summed E-state index contributed by atoms with van der Waals surface area (Å²) in [6.45, 7) is 0.708. The number of aliphatic hydroxyl groups excluding tert-OH is 5. The Morgan fingerprint density at radius 2 is 1.94 bits per heavy atom. The minimum Gasteiger partial charge on any atom is -0.478 e. The van der Waals surface area contributed by atoms with Crippen molar-refractivity contribution >= 4 is 11.9 Å². The molecular weight excluding hydrogens is 432 g/mol. The molecule has 10 atom stereocenters. The van der Waals surface area contributed by atoms with Crippen LogP contribution < -0.4 is 0 Å². The maximum absolute atomic E-state index is 12.3. The lowest BCUT2D eigenvalue weighted by atomic mass is 9.78. The Morgan fingerprint density at radius 1 is 1.22 bits per heavy atom. The number of carbonyl (C=O) groups excluding carboxylic acids is 1. The summed E-state index contributed by atoms with van der Waals surface area (Å²) in [4.78, 5) is 24.0. The van der Waals surface area contributed by atoms with E-state index >= 15 is 0 Å². The average Bonchev–Trinajstić information content (AvgIpc) is 3.28. The van der Waals surface area contributed by atoms with Crippen LogP contribution in [0.4, 0.5) is 0 Å². The number of hydrogen-bond donors (Lipinski definition) is 6. The van der Waals surface area contributed by atoms with Crippen molar-refractivity contribution in [3.63, 3.8) is 0 Å². The molecule has 3 aliphatic heterocycles. The molecule has 176 valence electrons. The number of carbonyl (C=O) groups is 2. The van der Waals surface area contributed by atoms with Crippen LogP contribution in [0.25, 0.3) is 0 Å². The van der Waals surface area contributed by atoms with Crippen molar-refractivity contribution in [2.45, 2.75) is 55.6 Å². The number of aliphatic hydroxyl groups is 5. The molecule has 1 aliphatic carbocycles. The van der Waals surface area contributed by atoms with Gasteiger partial charge in [0.2, 0.25) is 6.29 Å². The summed E-state index contributed by atoms with van der Waals surface area (Å²) in [6, 6.07) is 0. The highest BCUT2D eigenvalue weighted by molar-refractivity contribution is 5.93. The van der Waals surface area contributed by atoms with Crippen LogP contribution in [0, 0.1) is 11.8 Å². The van der Waals surface area contributed by atoms with Gasteiger partial charge in [-0.1, -0.05) is 6.08 Å². The molecule has 10 unspecified atom stereocenters. The van der Waals surface area contributed by atoms with Crippen molar-refractivity contribution in [2.75, 3.05) is 6.61 Å². The quantitative estimate of drug-likeness (QED) is 0.189. The highest BCUT2D eigenvalue weighted by atomic mass is 16.8. The third kappa shape index (κ3) is 3.53. The van der Waals surface area contributed by atoms with Gasteiger partial charge in [-0.05, 0) is 19.1 Å². The first-order valence-electron chi connectivity index (χ1n) is 9.98. The fourth-order valence-electron chi connectivity index (χ4n) is 4.46. The van der Waals surface area contributed by atoms with E-state index in [1.807, 2.05) is 0 Å². The van der Waals surface area contributed by atoms with Crippen molar-refractivity contribution in [3.05, 3.63) is 35.6 Å². The van der Waals surface area contributed by atoms with Gasteiger partial charge in [0.15, 0.2) is 11.9 Å². The molecule has 1 fully saturated rings. The number of ether oxygens (including phenoxy) is 4. The maximum Gasteiger partial charge on any atom is 0.337 e. The second kappa shape index (κ2) is 8.23. The van der Waals surface area contributed by atoms with Gasteiger partial charge in [-0.3, -0.25) is 0 Å². The zero-order valence-corrected chi connectivity index (χ0v) is 16.8. The first kappa shape index (κ1) is 22.9. The van der Waals surface area contributed by atoms with E-state index in [9.17, 15) is 40.2 Å². The van der Waals surface area contributed by atoms with Crippen LogP contribution in [0.5, 0.6) is 0 Å². The smallest absolute Gasteiger partial charge is 0.337 e. The van der Waals surface area contributed by atoms with Crippen molar-refractivity contribution in [2.24, 2.45) is 11.8 Å². The van der Waals surface area contributed by atoms with E-state index in [0.29, 0.717) is 0 Å². The van der Waals surface area contributed by atoms with E-state index in [0.717, 1.165) is 6.26 Å². The van der Waals surface area contributed by atoms with Gasteiger partial charge in [0.05, 0.1) is 36.0 Å². The Morgan fingerprint density at radius 3 is 2.53 bits per heavy atom. The number of carboxylic acid groups (broad SMARTS) is 1. The third-order valence-corrected chi connectivity index (χ3v) is 6.15. The number of hydrogen-bond acceptors (Lipinski definition) is 11. The van der Waals surface area contributed by atoms with Gasteiger partial charge in [-0.15, -0.1) is 0 Å². The molecule has 4 rings (SSSR count). The molecule has 12 nitrogen and oxygen atoms in total. The lowest BCUT2D eigenvalue weighted by molar-refractivity contribution is -0.344. The molecule has 1 saturated heterocycles. The number of aliphatic carboxylic acids is 1. The van der Waals surface area contributed by atoms with Crippen molar-refractivity contribution in [1.82, 2.24) is 0 Å². The Labute approximate surface area is 181 Å². The predicted molar refractivity (Wildman–Crippen MR) is 100 cm³/mol. The van der Waals surface area contributed by atoms with Crippen LogP contribution >= 0.6 is 0 Å². The second-order valence-corrected chi connectivity index (χ2v) is 8.15. The van der Waals surface area contributed by atoms with Crippen LogP contribution in [0.3, 0.4) is 0 Å². The lowest BCUT2D eigenvalue weighted by Crippen LogP contribution is -2.60. The molecule has 0 aromatic carbocycles. The lowest BCUT2D eigenvalue weighted by Gasteiger charge is -2.44. The zero-order chi connectivity index (χ0) is 23.4. The van der Waals surface area contributed by atoms with Crippen LogP contribution in [-0.2, 0) is 28.5 Å². The van der Waals surface area contributed by atoms with E-state index in [4.69, 9.17) is 18.9 Å². The van der Waals surface area contributed by atoms with E-state index in [2.05, 4.69) is 0 Å². The van der Waals surface area contributed by atoms with Gasteiger partial charge in [0.1, 0.15) is 24.4 Å². The third-order valence-electron chi connectivity index (χ3n) is 6.15. The largest absolute Gasteiger partial charge is 0.478 e. The molecule has 0 radical (unpaired) electrons. The van der Waals surface area contributed by atoms with Crippen LogP contribution in [0.2, 0.25) is 0 Å². The van der Waals surface area contributed by atoms with E-state index in [1.165, 1.54) is 25.2 Å². The van der Waals surface area contributed by atoms with Crippen LogP contribution in [0.1, 0.15) is 6.92 Å². The van der Waals surface area contributed by atoms with E-state index in [1.54, 1.807) is 0 Å². The summed E-state index contributed by atoms with van der Waals surface area (Å²) >= 11 is 0. The molecule has 32 heavy (non-hydrogen) atoms. The molecule has 0 bridgehead atoms. The van der Waals surface area contributed by atoms with Gasteiger partial charge in [-0.25, -0.2) is 9.59 Å². The molecule has 0 amide bonds. The summed E-state index contributed by atoms with van der Waals surface area (Å²) in [5.74, 6) is -3.86. The van der Waals surface area contributed by atoms with Gasteiger partial charge in [0.25, 0.3) is 0 Å². The topological polar surface area (TPSA) is 192 Å². The zero-order valence-electron chi connectivity index (χ0n) is 16.8. The van der Waals surface area contributed by atoms with Crippen molar-refractivity contribution in [1.29, 1.82) is 0 Å². The maximum atomic E-state index is 12.3. The van der Waals surface area contributed by atoms with E-state index in [-0.39, 0.29) is 11.1 Å². The number of fused-ring (bicyclic) bond motifs is 2. The average molecular weight is 456 g/mol. The first-order chi connectivity index (χ1) is 15.1. The van der Waals surface area contributed by atoms with Crippen molar-refractivity contribution < 1.29 is 59.2 Å². The molecule has 0 aromatic rings. The fraction of sp³-hybridized carbons (Fsp3) is 0.600. The molecule has 0 aromatic heterocycles. The Balaban J connectivity index is 1.67. The molecule has 12 heteroatoms. The predicted octanol–water partition coefficient (Wildman–Crippen LogP) is -2.47. The standard InChI is InChI=1S/C20H24O12/c1-7(22)9-4-20(32-17(9)28)3-2-8-10(16(26)27)6-29-18(12(8)20)31-19-15(25)14(24)13(23)11(5-21)30-19/h2-4,6-8,11-15,18-19,21-25H,5H2,1H3,(H,26,27). The summed E-state index contributed by atoms with van der Waals surface area (Å²) < 4.78 is 22.1. The van der Waals surface area contributed by atoms with Gasteiger partial charge >= 0.3 is 11.9 Å². The number of rotatable bonds is 5. The monoisotopic (exact) mass is 456 g/mol. The second-order valence-electron chi connectivity index (χ2n) is 8.15. The Bertz CT molecular complexity index is 876. The summed E-state index contributed by atoms with van der Waals surface area (Å²) in [6.07, 6.45) is -4.95. The molecule has 0 saturated carbocycles. The summed E-state index contributed by atoms with van der Waals surface area (Å²) in [5, 5.41) is 59.1. The molecule has 6 N–H and O–H groups in total. The highest BCUT2D eigenvalue weighted by Crippen LogP contribution is 2.50. The fourth-order valence-corrected chi connectivity index (χ4v) is 4.46. The number of allylic oxidation sites excluding steroid dienone is 1. The minimum absolute atomic E-state index is 0.0201. The molecule has 3 heterocycles. The first-order valence-corrected chi connectivity index (χ1v) is 9.98. The van der Waals surface area contributed by atoms with Gasteiger partial charge in [-0.2, -0.15) is 0 Å². The summed E-state index contributed by atoms with van der Waals surface area (Å²) in [5.41, 5.74) is -1.65. The minimum atomic E-state index is -1.72. The Kier molecular flexibility index (Phi) is 5.88. The molecule has 1 spiro atoms. The number of carboxylic acids is 1. The van der Waals surface area contributed by atoms with Crippen LogP contribution in [0.15, 0.2) is 35.6 Å². The number of esters is 1. The van der Waals surface area contributed by atoms with Gasteiger partial charge < -0.3 is 49.6 Å². The van der Waals surface area contributed by atoms with Crippen molar-refractivity contribution in [3.8, 4) is 0 Å². The van der Waals surface area contributed by atoms with Crippen LogP contribution in [-0.4, -0.2) is 97.9 Å². The molecule has 4 aliphatic rings. The molecular formula is C20H24O12. The highest BCUT2D eigenvalue weighted by Gasteiger charge is 2.59. The SMILES string of the molecule is CC(O)C1=CC2(C=CC3C(C(=O)O)=COC(OC4OC(CO)C(O)C(O)C4O)C32)OC1=O. The van der Waals surface area contributed by atoms with Gasteiger partial charge in [0, 0.05) is 5.92 Å². The van der Waals surface area contributed by atoms with E-state index < -0.39 is 79.1 Å². The summed E-state index contributed by atoms with van der Waals surface area (Å²) in [7, 11) is 0. The Hall–Kier alpha value is -2.32. The normalized spacial score (nSPS) is 43.9.